The summed E-state index contributed by atoms with van der Waals surface area (Å²) in [4.78, 5) is 27.2. The second kappa shape index (κ2) is 6.06. The minimum absolute atomic E-state index is 0.0469. The largest absolute Gasteiger partial charge is 0.450 e. The lowest BCUT2D eigenvalue weighted by atomic mass is 10.3. The first kappa shape index (κ1) is 14.4. The summed E-state index contributed by atoms with van der Waals surface area (Å²) in [6.07, 6.45) is -0.742. The summed E-state index contributed by atoms with van der Waals surface area (Å²) in [5.41, 5.74) is 1.74. The number of thioether (sulfide) groups is 1. The molecule has 0 atom stereocenters. The van der Waals surface area contributed by atoms with Crippen LogP contribution in [-0.4, -0.2) is 43.9 Å². The quantitative estimate of drug-likeness (QED) is 0.708. The highest BCUT2D eigenvalue weighted by Crippen LogP contribution is 2.22. The highest BCUT2D eigenvalue weighted by atomic mass is 32.2. The number of para-hydroxylation sites is 2. The zero-order valence-electron chi connectivity index (χ0n) is 11.7. The summed E-state index contributed by atoms with van der Waals surface area (Å²) in [5, 5.41) is 9.69. The summed E-state index contributed by atoms with van der Waals surface area (Å²) in [6, 6.07) is 7.64. The number of carbonyl (C=O) groups is 2. The smallest absolute Gasteiger partial charge is 0.413 e. The van der Waals surface area contributed by atoms with Gasteiger partial charge in [-0.15, -0.1) is 5.10 Å². The van der Waals surface area contributed by atoms with Crippen molar-refractivity contribution in [2.75, 3.05) is 12.4 Å². The summed E-state index contributed by atoms with van der Waals surface area (Å²) < 4.78 is 6.48. The number of nitrogens with zero attached hydrogens (tertiary/aromatic N) is 3. The Morgan fingerprint density at radius 3 is 3.05 bits per heavy atom. The monoisotopic (exact) mass is 319 g/mol. The number of ether oxygens (including phenoxy) is 1. The molecule has 114 valence electrons. The van der Waals surface area contributed by atoms with E-state index in [1.165, 1.54) is 11.8 Å². The Bertz CT molecular complexity index is 841. The molecule has 2 aromatic heterocycles. The molecule has 2 N–H and O–H groups in total. The van der Waals surface area contributed by atoms with Crippen molar-refractivity contribution < 1.29 is 14.3 Å². The Kier molecular flexibility index (Phi) is 3.96. The molecule has 1 aromatic carbocycles. The molecule has 0 aliphatic carbocycles. The molecule has 0 bridgehead atoms. The topological polar surface area (TPSA) is 101 Å². The van der Waals surface area contributed by atoms with E-state index in [0.29, 0.717) is 10.9 Å². The van der Waals surface area contributed by atoms with E-state index in [1.807, 2.05) is 28.7 Å². The number of aromatic nitrogens is 4. The molecule has 0 radical (unpaired) electrons. The molecule has 0 aliphatic heterocycles. The summed E-state index contributed by atoms with van der Waals surface area (Å²) in [7, 11) is 0. The maximum Gasteiger partial charge on any atom is 0.413 e. The molecule has 0 fully saturated rings. The fraction of sp³-hybridized carbons (Fsp3) is 0.231. The van der Waals surface area contributed by atoms with Gasteiger partial charge in [-0.25, -0.2) is 14.9 Å². The lowest BCUT2D eigenvalue weighted by molar-refractivity contribution is -0.117. The number of benzene rings is 1. The number of rotatable bonds is 4. The maximum atomic E-state index is 11.7. The molecule has 3 rings (SSSR count). The van der Waals surface area contributed by atoms with Crippen LogP contribution in [0.25, 0.3) is 16.8 Å². The average Bonchev–Trinajstić information content (AvgIpc) is 3.04. The van der Waals surface area contributed by atoms with Gasteiger partial charge in [-0.2, -0.15) is 0 Å². The molecular formula is C13H13N5O3S. The molecule has 8 nitrogen and oxygen atoms in total. The first-order chi connectivity index (χ1) is 10.7. The number of imide groups is 1. The van der Waals surface area contributed by atoms with Crippen LogP contribution in [0.15, 0.2) is 29.4 Å². The van der Waals surface area contributed by atoms with Crippen molar-refractivity contribution in [3.8, 4) is 0 Å². The van der Waals surface area contributed by atoms with Gasteiger partial charge in [0.25, 0.3) is 0 Å². The molecule has 22 heavy (non-hydrogen) atoms. The van der Waals surface area contributed by atoms with Crippen molar-refractivity contribution in [3.63, 3.8) is 0 Å². The van der Waals surface area contributed by atoms with Crippen LogP contribution >= 0.6 is 11.8 Å². The Morgan fingerprint density at radius 1 is 1.41 bits per heavy atom. The molecule has 9 heteroatoms. The van der Waals surface area contributed by atoms with Crippen molar-refractivity contribution in [1.29, 1.82) is 0 Å². The van der Waals surface area contributed by atoms with Crippen molar-refractivity contribution in [1.82, 2.24) is 24.9 Å². The molecule has 0 unspecified atom stereocenters. The number of H-pyrrole nitrogens is 1. The van der Waals surface area contributed by atoms with Crippen LogP contribution in [0.1, 0.15) is 6.92 Å². The number of imidazole rings is 1. The zero-order chi connectivity index (χ0) is 15.5. The van der Waals surface area contributed by atoms with E-state index in [4.69, 9.17) is 0 Å². The molecular weight excluding hydrogens is 306 g/mol. The first-order valence-electron chi connectivity index (χ1n) is 6.60. The Hall–Kier alpha value is -2.55. The van der Waals surface area contributed by atoms with E-state index in [1.54, 1.807) is 6.92 Å². The molecule has 0 saturated heterocycles. The number of alkyl carbamates (subject to hydrolysis) is 1. The van der Waals surface area contributed by atoms with Gasteiger partial charge in [0.15, 0.2) is 5.16 Å². The van der Waals surface area contributed by atoms with Crippen LogP contribution < -0.4 is 5.32 Å². The lowest BCUT2D eigenvalue weighted by Crippen LogP contribution is -2.32. The number of fused-ring (bicyclic) bond motifs is 3. The van der Waals surface area contributed by atoms with Gasteiger partial charge in [0, 0.05) is 0 Å². The van der Waals surface area contributed by atoms with Gasteiger partial charge >= 0.3 is 6.09 Å². The van der Waals surface area contributed by atoms with Crippen LogP contribution in [0.5, 0.6) is 0 Å². The van der Waals surface area contributed by atoms with E-state index < -0.39 is 12.0 Å². The Morgan fingerprint density at radius 2 is 2.23 bits per heavy atom. The van der Waals surface area contributed by atoms with Crippen molar-refractivity contribution in [2.45, 2.75) is 12.1 Å². The van der Waals surface area contributed by atoms with Crippen LogP contribution in [-0.2, 0) is 9.53 Å². The highest BCUT2D eigenvalue weighted by molar-refractivity contribution is 7.99. The third-order valence-corrected chi connectivity index (χ3v) is 3.79. The van der Waals surface area contributed by atoms with E-state index in [0.717, 1.165) is 11.0 Å². The lowest BCUT2D eigenvalue weighted by Gasteiger charge is -2.03. The molecule has 3 aromatic rings. The van der Waals surface area contributed by atoms with Crippen molar-refractivity contribution in [2.24, 2.45) is 0 Å². The highest BCUT2D eigenvalue weighted by Gasteiger charge is 2.14. The summed E-state index contributed by atoms with van der Waals surface area (Å²) in [6.45, 7) is 1.89. The number of amides is 2. The Balaban J connectivity index is 1.74. The van der Waals surface area contributed by atoms with Crippen LogP contribution in [0.4, 0.5) is 4.79 Å². The second-order valence-electron chi connectivity index (χ2n) is 4.32. The van der Waals surface area contributed by atoms with Gasteiger partial charge in [-0.1, -0.05) is 23.9 Å². The first-order valence-corrected chi connectivity index (χ1v) is 7.58. The third-order valence-electron chi connectivity index (χ3n) is 2.85. The Labute approximate surface area is 129 Å². The zero-order valence-corrected chi connectivity index (χ0v) is 12.5. The standard InChI is InChI=1S/C13H13N5O3S/c1-2-21-13(20)15-10(19)7-22-12-17-16-11-14-8-5-3-4-6-9(8)18(11)12/h3-6H,2,7H2,1H3,(H,14,16)(H,15,19,20). The predicted octanol–water partition coefficient (Wildman–Crippen LogP) is 1.58. The summed E-state index contributed by atoms with van der Waals surface area (Å²) >= 11 is 1.21. The van der Waals surface area contributed by atoms with Crippen molar-refractivity contribution in [3.05, 3.63) is 24.3 Å². The van der Waals surface area contributed by atoms with Gasteiger partial charge in [-0.05, 0) is 19.1 Å². The maximum absolute atomic E-state index is 11.7. The number of nitrogens with one attached hydrogen (secondary N) is 2. The predicted molar refractivity (Wildman–Crippen MR) is 80.7 cm³/mol. The van der Waals surface area contributed by atoms with E-state index in [-0.39, 0.29) is 12.4 Å². The normalized spacial score (nSPS) is 11.0. The van der Waals surface area contributed by atoms with Gasteiger partial charge in [-0.3, -0.25) is 14.5 Å². The van der Waals surface area contributed by atoms with Crippen LogP contribution in [0, 0.1) is 0 Å². The van der Waals surface area contributed by atoms with E-state index in [9.17, 15) is 9.59 Å². The SMILES string of the molecule is CCOC(=O)NC(=O)CSc1n[nH]c2nc3ccccc3n12. The molecule has 0 spiro atoms. The number of hydrogen-bond donors (Lipinski definition) is 2. The fourth-order valence-corrected chi connectivity index (χ4v) is 2.74. The van der Waals surface area contributed by atoms with Crippen LogP contribution in [0.3, 0.4) is 0 Å². The molecule has 0 aliphatic rings. The van der Waals surface area contributed by atoms with E-state index in [2.05, 4.69) is 25.2 Å². The van der Waals surface area contributed by atoms with Gasteiger partial charge in [0.2, 0.25) is 11.7 Å². The second-order valence-corrected chi connectivity index (χ2v) is 5.27. The van der Waals surface area contributed by atoms with E-state index >= 15 is 0 Å². The number of carbonyl (C=O) groups excluding carboxylic acids is 2. The van der Waals surface area contributed by atoms with Gasteiger partial charge < -0.3 is 4.74 Å². The van der Waals surface area contributed by atoms with Gasteiger partial charge in [0.1, 0.15) is 0 Å². The molecule has 2 amide bonds. The summed E-state index contributed by atoms with van der Waals surface area (Å²) in [5.74, 6) is 0.212. The third kappa shape index (κ3) is 2.75. The number of aromatic amines is 1. The molecule has 2 heterocycles. The molecule has 0 saturated carbocycles. The van der Waals surface area contributed by atoms with Crippen LogP contribution in [0.2, 0.25) is 0 Å². The minimum atomic E-state index is -0.742. The average molecular weight is 319 g/mol. The number of hydrogen-bond acceptors (Lipinski definition) is 6. The van der Waals surface area contributed by atoms with Crippen molar-refractivity contribution >= 4 is 40.6 Å². The fourth-order valence-electron chi connectivity index (χ4n) is 1.99. The minimum Gasteiger partial charge on any atom is -0.450 e. The van der Waals surface area contributed by atoms with Gasteiger partial charge in [0.05, 0.1) is 23.4 Å².